The first-order valence-corrected chi connectivity index (χ1v) is 10.7. The number of nitrogens with two attached hydrogens (primary N) is 1. The molecule has 2 fully saturated rings. The van der Waals surface area contributed by atoms with E-state index in [0.717, 1.165) is 30.2 Å². The van der Waals surface area contributed by atoms with Gasteiger partial charge in [-0.1, -0.05) is 6.42 Å². The second-order valence-corrected chi connectivity index (χ2v) is 8.25. The standard InChI is InChI=1S/C21H27F5N4O3/c22-19(23)15-8-14(4-5-16(15)30-6-7-33-11-18(30)31)28-20(32)17(9-27)29(12-21(24,25)26)10-13-2-1-3-13/h4-5,8,13,17,19H,1-3,6-7,9-12,27H2,(H,28,32)/t17-/m1/s1. The van der Waals surface area contributed by atoms with Gasteiger partial charge < -0.3 is 20.7 Å². The fourth-order valence-corrected chi connectivity index (χ4v) is 4.01. The third kappa shape index (κ3) is 6.61. The van der Waals surface area contributed by atoms with Gasteiger partial charge in [-0.05, 0) is 37.0 Å². The van der Waals surface area contributed by atoms with E-state index in [9.17, 15) is 31.5 Å². The fourth-order valence-electron chi connectivity index (χ4n) is 4.01. The molecule has 3 N–H and O–H groups in total. The topological polar surface area (TPSA) is 87.9 Å². The molecule has 0 radical (unpaired) electrons. The largest absolute Gasteiger partial charge is 0.401 e. The molecule has 1 saturated heterocycles. The number of nitrogens with one attached hydrogen (secondary N) is 1. The van der Waals surface area contributed by atoms with Crippen molar-refractivity contribution in [3.8, 4) is 0 Å². The molecule has 1 aromatic rings. The summed E-state index contributed by atoms with van der Waals surface area (Å²) in [6.07, 6.45) is -4.97. The van der Waals surface area contributed by atoms with Crippen LogP contribution in [0.5, 0.6) is 0 Å². The molecule has 1 saturated carbocycles. The van der Waals surface area contributed by atoms with E-state index >= 15 is 0 Å². The number of hydrogen-bond acceptors (Lipinski definition) is 5. The van der Waals surface area contributed by atoms with E-state index in [0.29, 0.717) is 0 Å². The van der Waals surface area contributed by atoms with Crippen LogP contribution in [0.3, 0.4) is 0 Å². The summed E-state index contributed by atoms with van der Waals surface area (Å²) in [5.74, 6) is -1.22. The summed E-state index contributed by atoms with van der Waals surface area (Å²) in [6.45, 7) is -1.51. The van der Waals surface area contributed by atoms with E-state index in [1.807, 2.05) is 0 Å². The molecule has 33 heavy (non-hydrogen) atoms. The Morgan fingerprint density at radius 3 is 2.58 bits per heavy atom. The summed E-state index contributed by atoms with van der Waals surface area (Å²) in [5.41, 5.74) is 5.15. The third-order valence-corrected chi connectivity index (χ3v) is 5.87. The highest BCUT2D eigenvalue weighted by Gasteiger charge is 2.38. The molecule has 3 rings (SSSR count). The zero-order valence-electron chi connectivity index (χ0n) is 17.9. The number of halogens is 5. The van der Waals surface area contributed by atoms with E-state index < -0.39 is 42.6 Å². The van der Waals surface area contributed by atoms with Gasteiger partial charge in [-0.3, -0.25) is 14.5 Å². The lowest BCUT2D eigenvalue weighted by molar-refractivity contribution is -0.155. The highest BCUT2D eigenvalue weighted by molar-refractivity contribution is 5.97. The summed E-state index contributed by atoms with van der Waals surface area (Å²) in [4.78, 5) is 27.0. The maximum atomic E-state index is 13.7. The van der Waals surface area contributed by atoms with E-state index in [1.54, 1.807) is 0 Å². The van der Waals surface area contributed by atoms with Crippen LogP contribution in [0.25, 0.3) is 0 Å². The monoisotopic (exact) mass is 478 g/mol. The second kappa shape index (κ2) is 10.7. The average molecular weight is 478 g/mol. The number of anilines is 2. The molecule has 184 valence electrons. The van der Waals surface area contributed by atoms with Gasteiger partial charge in [0.25, 0.3) is 12.3 Å². The minimum Gasteiger partial charge on any atom is -0.370 e. The van der Waals surface area contributed by atoms with Crippen LogP contribution < -0.4 is 16.0 Å². The van der Waals surface area contributed by atoms with Gasteiger partial charge in [0, 0.05) is 30.9 Å². The van der Waals surface area contributed by atoms with Crippen LogP contribution in [-0.2, 0) is 14.3 Å². The van der Waals surface area contributed by atoms with Crippen molar-refractivity contribution in [3.05, 3.63) is 23.8 Å². The number of amides is 2. The normalized spacial score (nSPS) is 18.5. The second-order valence-electron chi connectivity index (χ2n) is 8.25. The lowest BCUT2D eigenvalue weighted by atomic mass is 9.85. The van der Waals surface area contributed by atoms with Crippen LogP contribution in [-0.4, -0.2) is 68.3 Å². The number of hydrogen-bond donors (Lipinski definition) is 2. The molecular weight excluding hydrogens is 451 g/mol. The number of rotatable bonds is 9. The van der Waals surface area contributed by atoms with E-state index in [-0.39, 0.29) is 50.1 Å². The van der Waals surface area contributed by atoms with Crippen LogP contribution in [0.4, 0.5) is 33.3 Å². The number of morpholine rings is 1. The van der Waals surface area contributed by atoms with E-state index in [4.69, 9.17) is 10.5 Å². The molecular formula is C21H27F5N4O3. The van der Waals surface area contributed by atoms with Crippen molar-refractivity contribution < 1.29 is 36.3 Å². The van der Waals surface area contributed by atoms with Crippen molar-refractivity contribution in [2.75, 3.05) is 49.6 Å². The molecule has 0 unspecified atom stereocenters. The van der Waals surface area contributed by atoms with Crippen LogP contribution >= 0.6 is 0 Å². The smallest absolute Gasteiger partial charge is 0.370 e. The van der Waals surface area contributed by atoms with Gasteiger partial charge in [0.05, 0.1) is 18.8 Å². The summed E-state index contributed by atoms with van der Waals surface area (Å²) in [7, 11) is 0. The lowest BCUT2D eigenvalue weighted by Crippen LogP contribution is -2.53. The fraction of sp³-hybridized carbons (Fsp3) is 0.619. The molecule has 2 amide bonds. The quantitative estimate of drug-likeness (QED) is 0.533. The first-order chi connectivity index (χ1) is 15.6. The molecule has 7 nitrogen and oxygen atoms in total. The Kier molecular flexibility index (Phi) is 8.24. The summed E-state index contributed by atoms with van der Waals surface area (Å²) in [5, 5.41) is 2.42. The van der Waals surface area contributed by atoms with Gasteiger partial charge in [-0.15, -0.1) is 0 Å². The van der Waals surface area contributed by atoms with Crippen molar-refractivity contribution in [2.45, 2.75) is 37.9 Å². The summed E-state index contributed by atoms with van der Waals surface area (Å²) < 4.78 is 71.8. The SMILES string of the molecule is NC[C@H](C(=O)Nc1ccc(N2CCOCC2=O)c(C(F)F)c1)N(CC1CCC1)CC(F)(F)F. The Morgan fingerprint density at radius 2 is 2.03 bits per heavy atom. The molecule has 1 heterocycles. The molecule has 1 aliphatic heterocycles. The number of ether oxygens (including phenoxy) is 1. The number of alkyl halides is 5. The Balaban J connectivity index is 1.78. The molecule has 1 aliphatic carbocycles. The predicted octanol–water partition coefficient (Wildman–Crippen LogP) is 2.92. The highest BCUT2D eigenvalue weighted by Crippen LogP contribution is 2.34. The molecule has 2 aliphatic rings. The number of carbonyl (C=O) groups is 2. The molecule has 0 aromatic heterocycles. The summed E-state index contributed by atoms with van der Waals surface area (Å²) in [6, 6.07) is 2.35. The maximum absolute atomic E-state index is 13.7. The zero-order chi connectivity index (χ0) is 24.2. The van der Waals surface area contributed by atoms with E-state index in [2.05, 4.69) is 5.32 Å². The first kappa shape index (κ1) is 25.3. The number of carbonyl (C=O) groups excluding carboxylic acids is 2. The number of benzene rings is 1. The first-order valence-electron chi connectivity index (χ1n) is 10.7. The van der Waals surface area contributed by atoms with Crippen molar-refractivity contribution in [3.63, 3.8) is 0 Å². The molecule has 1 atom stereocenters. The molecule has 0 spiro atoms. The Labute approximate surface area is 188 Å². The molecule has 0 bridgehead atoms. The predicted molar refractivity (Wildman–Crippen MR) is 111 cm³/mol. The van der Waals surface area contributed by atoms with Gasteiger partial charge in [0.2, 0.25) is 5.91 Å². The van der Waals surface area contributed by atoms with Gasteiger partial charge >= 0.3 is 6.18 Å². The van der Waals surface area contributed by atoms with Crippen molar-refractivity contribution in [1.29, 1.82) is 0 Å². The lowest BCUT2D eigenvalue weighted by Gasteiger charge is -2.36. The average Bonchev–Trinajstić information content (AvgIpc) is 2.70. The number of nitrogens with zero attached hydrogens (tertiary/aromatic N) is 2. The van der Waals surface area contributed by atoms with Gasteiger partial charge in [0.1, 0.15) is 12.6 Å². The van der Waals surface area contributed by atoms with Crippen molar-refractivity contribution in [1.82, 2.24) is 4.90 Å². The minimum atomic E-state index is -4.52. The minimum absolute atomic E-state index is 0.00430. The summed E-state index contributed by atoms with van der Waals surface area (Å²) >= 11 is 0. The van der Waals surface area contributed by atoms with E-state index in [1.165, 1.54) is 17.0 Å². The van der Waals surface area contributed by atoms with Crippen LogP contribution in [0.1, 0.15) is 31.3 Å². The molecule has 1 aromatic carbocycles. The van der Waals surface area contributed by atoms with Crippen LogP contribution in [0, 0.1) is 5.92 Å². The zero-order valence-corrected chi connectivity index (χ0v) is 17.9. The van der Waals surface area contributed by atoms with Gasteiger partial charge in [0.15, 0.2) is 0 Å². The van der Waals surface area contributed by atoms with Crippen molar-refractivity contribution in [2.24, 2.45) is 11.7 Å². The maximum Gasteiger partial charge on any atom is 0.401 e. The van der Waals surface area contributed by atoms with Gasteiger partial charge in [-0.2, -0.15) is 13.2 Å². The highest BCUT2D eigenvalue weighted by atomic mass is 19.4. The Bertz CT molecular complexity index is 848. The van der Waals surface area contributed by atoms with Crippen LogP contribution in [0.2, 0.25) is 0 Å². The van der Waals surface area contributed by atoms with Gasteiger partial charge in [-0.25, -0.2) is 8.78 Å². The van der Waals surface area contributed by atoms with Crippen LogP contribution in [0.15, 0.2) is 18.2 Å². The Morgan fingerprint density at radius 1 is 1.30 bits per heavy atom. The molecule has 12 heteroatoms. The third-order valence-electron chi connectivity index (χ3n) is 5.87. The van der Waals surface area contributed by atoms with Crippen molar-refractivity contribution >= 4 is 23.2 Å². The Hall–Kier alpha value is -2.31.